The molecule has 1 rings (SSSR count). The number of aromatic hydroxyl groups is 1. The predicted octanol–water partition coefficient (Wildman–Crippen LogP) is 3.71. The summed E-state index contributed by atoms with van der Waals surface area (Å²) in [5.74, 6) is 0.881. The maximum absolute atomic E-state index is 10.3. The number of hydrogen-bond acceptors (Lipinski definition) is 2. The molecule has 0 heterocycles. The number of nitrogens with two attached hydrogens (primary N) is 1. The smallest absolute Gasteiger partial charge is 0.122 e. The van der Waals surface area contributed by atoms with Crippen molar-refractivity contribution >= 4 is 0 Å². The van der Waals surface area contributed by atoms with Gasteiger partial charge in [0.15, 0.2) is 0 Å². The summed E-state index contributed by atoms with van der Waals surface area (Å²) in [6, 6.07) is 4.11. The first-order valence-corrected chi connectivity index (χ1v) is 6.68. The first kappa shape index (κ1) is 14.0. The van der Waals surface area contributed by atoms with E-state index in [2.05, 4.69) is 32.9 Å². The number of phenols is 1. The minimum Gasteiger partial charge on any atom is -0.507 e. The molecule has 0 fully saturated rings. The Morgan fingerprint density at radius 3 is 2.53 bits per heavy atom. The van der Waals surface area contributed by atoms with Crippen molar-refractivity contribution in [1.82, 2.24) is 0 Å². The molecule has 1 unspecified atom stereocenters. The Morgan fingerprint density at radius 1 is 1.29 bits per heavy atom. The molecular weight excluding hydrogens is 210 g/mol. The van der Waals surface area contributed by atoms with Crippen LogP contribution in [0, 0.1) is 0 Å². The van der Waals surface area contributed by atoms with E-state index in [9.17, 15) is 5.11 Å². The first-order chi connectivity index (χ1) is 8.13. The van der Waals surface area contributed by atoms with Crippen molar-refractivity contribution < 1.29 is 5.11 Å². The first-order valence-electron chi connectivity index (χ1n) is 6.68. The fraction of sp³-hybridized carbons (Fsp3) is 0.600. The standard InChI is InChI=1S/C15H25NO/c1-4-6-7-13-8-12(10-16)9-14(15(13)17)11(3)5-2/h8-9,11,17H,4-7,10,16H2,1-3H3. The zero-order valence-electron chi connectivity index (χ0n) is 11.3. The number of aryl methyl sites for hydroxylation is 1. The molecular formula is C15H25NO. The van der Waals surface area contributed by atoms with Gasteiger partial charge in [-0.3, -0.25) is 0 Å². The van der Waals surface area contributed by atoms with E-state index in [0.717, 1.165) is 42.4 Å². The fourth-order valence-corrected chi connectivity index (χ4v) is 2.06. The number of hydrogen-bond donors (Lipinski definition) is 2. The van der Waals surface area contributed by atoms with E-state index in [1.54, 1.807) is 0 Å². The van der Waals surface area contributed by atoms with E-state index < -0.39 is 0 Å². The van der Waals surface area contributed by atoms with Crippen LogP contribution in [0.2, 0.25) is 0 Å². The van der Waals surface area contributed by atoms with Gasteiger partial charge in [0.25, 0.3) is 0 Å². The molecule has 1 atom stereocenters. The Kier molecular flexibility index (Phi) is 5.49. The molecule has 3 N–H and O–H groups in total. The molecule has 0 saturated carbocycles. The molecule has 2 heteroatoms. The van der Waals surface area contributed by atoms with E-state index in [4.69, 9.17) is 5.73 Å². The van der Waals surface area contributed by atoms with Crippen LogP contribution in [0.5, 0.6) is 5.75 Å². The van der Waals surface area contributed by atoms with Crippen molar-refractivity contribution in [2.45, 2.75) is 58.9 Å². The average molecular weight is 235 g/mol. The van der Waals surface area contributed by atoms with E-state index in [1.165, 1.54) is 0 Å². The van der Waals surface area contributed by atoms with Crippen molar-refractivity contribution in [1.29, 1.82) is 0 Å². The Bertz CT molecular complexity index is 360. The molecule has 0 amide bonds. The summed E-state index contributed by atoms with van der Waals surface area (Å²) >= 11 is 0. The van der Waals surface area contributed by atoms with Gasteiger partial charge in [0.1, 0.15) is 5.75 Å². The summed E-state index contributed by atoms with van der Waals surface area (Å²) in [6.07, 6.45) is 4.24. The van der Waals surface area contributed by atoms with Gasteiger partial charge in [-0.05, 0) is 41.9 Å². The second-order valence-electron chi connectivity index (χ2n) is 4.81. The molecule has 0 aliphatic rings. The highest BCUT2D eigenvalue weighted by Gasteiger charge is 2.13. The van der Waals surface area contributed by atoms with Crippen LogP contribution in [0.25, 0.3) is 0 Å². The number of unbranched alkanes of at least 4 members (excludes halogenated alkanes) is 1. The van der Waals surface area contributed by atoms with Crippen LogP contribution in [0.4, 0.5) is 0 Å². The maximum atomic E-state index is 10.3. The summed E-state index contributed by atoms with van der Waals surface area (Å²) in [5.41, 5.74) is 8.97. The normalized spacial score (nSPS) is 12.7. The predicted molar refractivity (Wildman–Crippen MR) is 73.3 cm³/mol. The molecule has 17 heavy (non-hydrogen) atoms. The Morgan fingerprint density at radius 2 is 2.00 bits per heavy atom. The lowest BCUT2D eigenvalue weighted by Gasteiger charge is -2.16. The summed E-state index contributed by atoms with van der Waals surface area (Å²) in [5, 5.41) is 10.3. The van der Waals surface area contributed by atoms with E-state index in [-0.39, 0.29) is 0 Å². The molecule has 0 bridgehead atoms. The van der Waals surface area contributed by atoms with Gasteiger partial charge < -0.3 is 10.8 Å². The third-order valence-corrected chi connectivity index (χ3v) is 3.46. The van der Waals surface area contributed by atoms with Gasteiger partial charge in [-0.2, -0.15) is 0 Å². The molecule has 1 aromatic carbocycles. The van der Waals surface area contributed by atoms with Gasteiger partial charge >= 0.3 is 0 Å². The molecule has 0 radical (unpaired) electrons. The highest BCUT2D eigenvalue weighted by atomic mass is 16.3. The van der Waals surface area contributed by atoms with Gasteiger partial charge in [0.2, 0.25) is 0 Å². The quantitative estimate of drug-likeness (QED) is 0.789. The molecule has 96 valence electrons. The van der Waals surface area contributed by atoms with Crippen molar-refractivity contribution in [2.24, 2.45) is 5.73 Å². The van der Waals surface area contributed by atoms with Crippen LogP contribution >= 0.6 is 0 Å². The third kappa shape index (κ3) is 3.47. The maximum Gasteiger partial charge on any atom is 0.122 e. The Hall–Kier alpha value is -1.02. The summed E-state index contributed by atoms with van der Waals surface area (Å²) in [6.45, 7) is 7.01. The van der Waals surface area contributed by atoms with Crippen molar-refractivity contribution in [3.8, 4) is 5.75 Å². The summed E-state index contributed by atoms with van der Waals surface area (Å²) in [4.78, 5) is 0. The van der Waals surface area contributed by atoms with Crippen LogP contribution in [0.3, 0.4) is 0 Å². The van der Waals surface area contributed by atoms with Gasteiger partial charge in [-0.1, -0.05) is 39.3 Å². The highest BCUT2D eigenvalue weighted by molar-refractivity contribution is 5.45. The summed E-state index contributed by atoms with van der Waals surface area (Å²) < 4.78 is 0. The topological polar surface area (TPSA) is 46.2 Å². The van der Waals surface area contributed by atoms with Crippen LogP contribution in [0.15, 0.2) is 12.1 Å². The SMILES string of the molecule is CCCCc1cc(CN)cc(C(C)CC)c1O. The van der Waals surface area contributed by atoms with Gasteiger partial charge in [0, 0.05) is 6.54 Å². The molecule has 1 aromatic rings. The average Bonchev–Trinajstić information content (AvgIpc) is 2.36. The van der Waals surface area contributed by atoms with Crippen LogP contribution in [-0.2, 0) is 13.0 Å². The van der Waals surface area contributed by atoms with E-state index in [1.807, 2.05) is 0 Å². The Balaban J connectivity index is 3.11. The number of phenolic OH excluding ortho intramolecular Hbond substituents is 1. The molecule has 2 nitrogen and oxygen atoms in total. The van der Waals surface area contributed by atoms with Crippen LogP contribution < -0.4 is 5.73 Å². The molecule has 0 aliphatic heterocycles. The molecule has 0 aliphatic carbocycles. The van der Waals surface area contributed by atoms with Crippen LogP contribution in [-0.4, -0.2) is 5.11 Å². The molecule has 0 aromatic heterocycles. The molecule has 0 saturated heterocycles. The third-order valence-electron chi connectivity index (χ3n) is 3.46. The number of rotatable bonds is 6. The largest absolute Gasteiger partial charge is 0.507 e. The van der Waals surface area contributed by atoms with Crippen molar-refractivity contribution in [3.05, 3.63) is 28.8 Å². The summed E-state index contributed by atoms with van der Waals surface area (Å²) in [7, 11) is 0. The van der Waals surface area contributed by atoms with Crippen molar-refractivity contribution in [3.63, 3.8) is 0 Å². The van der Waals surface area contributed by atoms with Crippen LogP contribution in [0.1, 0.15) is 62.6 Å². The fourth-order valence-electron chi connectivity index (χ4n) is 2.06. The highest BCUT2D eigenvalue weighted by Crippen LogP contribution is 2.33. The lowest BCUT2D eigenvalue weighted by Crippen LogP contribution is -2.02. The Labute approximate surface area is 105 Å². The van der Waals surface area contributed by atoms with E-state index in [0.29, 0.717) is 18.2 Å². The van der Waals surface area contributed by atoms with Gasteiger partial charge in [0.05, 0.1) is 0 Å². The van der Waals surface area contributed by atoms with E-state index >= 15 is 0 Å². The monoisotopic (exact) mass is 235 g/mol. The lowest BCUT2D eigenvalue weighted by atomic mass is 9.91. The second-order valence-corrected chi connectivity index (χ2v) is 4.81. The van der Waals surface area contributed by atoms with Gasteiger partial charge in [-0.15, -0.1) is 0 Å². The molecule has 0 spiro atoms. The lowest BCUT2D eigenvalue weighted by molar-refractivity contribution is 0.453. The minimum absolute atomic E-state index is 0.391. The second kappa shape index (κ2) is 6.65. The van der Waals surface area contributed by atoms with Crippen molar-refractivity contribution in [2.75, 3.05) is 0 Å². The zero-order chi connectivity index (χ0) is 12.8. The minimum atomic E-state index is 0.391. The van der Waals surface area contributed by atoms with Gasteiger partial charge in [-0.25, -0.2) is 0 Å². The zero-order valence-corrected chi connectivity index (χ0v) is 11.3. The number of benzene rings is 1.